The van der Waals surface area contributed by atoms with E-state index in [9.17, 15) is 28.1 Å². The number of aromatic nitrogens is 6. The van der Waals surface area contributed by atoms with E-state index in [-0.39, 0.29) is 5.30 Å². The summed E-state index contributed by atoms with van der Waals surface area (Å²) < 4.78 is 64.5. The molecule has 3 amide bonds. The molecule has 80 heavy (non-hydrogen) atoms. The molecule has 0 unspecified atom stereocenters. The summed E-state index contributed by atoms with van der Waals surface area (Å²) >= 11 is 0. The number of benzene rings is 6. The van der Waals surface area contributed by atoms with E-state index in [0.717, 1.165) is 61.7 Å². The summed E-state index contributed by atoms with van der Waals surface area (Å²) in [4.78, 5) is 66.0. The molecule has 0 bridgehead atoms. The first-order valence-electron chi connectivity index (χ1n) is 25.4. The number of rotatable bonds is 20. The van der Waals surface area contributed by atoms with Gasteiger partial charge < -0.3 is 58.8 Å². The van der Waals surface area contributed by atoms with Crippen LogP contribution in [0, 0.1) is 20.8 Å². The van der Waals surface area contributed by atoms with Crippen LogP contribution in [0.25, 0.3) is 33.1 Å². The molecule has 0 aliphatic heterocycles. The normalized spacial score (nSPS) is 11.8. The van der Waals surface area contributed by atoms with Crippen LogP contribution in [-0.4, -0.2) is 82.6 Å². The van der Waals surface area contributed by atoms with Gasteiger partial charge in [0.25, 0.3) is 0 Å². The minimum absolute atomic E-state index is 0.00967. The van der Waals surface area contributed by atoms with Crippen molar-refractivity contribution in [3.05, 3.63) is 178 Å². The largest absolute Gasteiger partial charge is 0.366 e. The molecular formula is C56H64N9O12P3. The number of carbonyl (C=O) groups excluding carboxylic acids is 3. The Hall–Kier alpha value is -7.41. The third-order valence-electron chi connectivity index (χ3n) is 12.7. The van der Waals surface area contributed by atoms with Gasteiger partial charge in [-0.2, -0.15) is 0 Å². The van der Waals surface area contributed by atoms with Gasteiger partial charge in [-0.3, -0.25) is 28.1 Å². The Balaban J connectivity index is 0.000000174. The second-order valence-corrected chi connectivity index (χ2v) is 23.8. The lowest BCUT2D eigenvalue weighted by atomic mass is 10.2. The first kappa shape index (κ1) is 60.2. The first-order valence-corrected chi connectivity index (χ1v) is 30.1. The van der Waals surface area contributed by atoms with Gasteiger partial charge >= 0.3 is 22.8 Å². The van der Waals surface area contributed by atoms with E-state index in [0.29, 0.717) is 78.9 Å². The van der Waals surface area contributed by atoms with Crippen molar-refractivity contribution in [3.63, 3.8) is 0 Å². The Morgan fingerprint density at radius 2 is 0.725 bits per heavy atom. The minimum atomic E-state index is -4.24. The zero-order chi connectivity index (χ0) is 58.1. The van der Waals surface area contributed by atoms with E-state index in [1.54, 1.807) is 113 Å². The summed E-state index contributed by atoms with van der Waals surface area (Å²) in [6.45, 7) is 15.7. The number of hydrogen-bond donors (Lipinski definition) is 5. The Kier molecular flexibility index (Phi) is 19.4. The molecule has 0 fully saturated rings. The van der Waals surface area contributed by atoms with Gasteiger partial charge in [0.15, 0.2) is 0 Å². The van der Waals surface area contributed by atoms with Gasteiger partial charge in [0.2, 0.25) is 17.7 Å². The fourth-order valence-corrected chi connectivity index (χ4v) is 12.4. The van der Waals surface area contributed by atoms with Crippen LogP contribution in [0.5, 0.6) is 0 Å². The molecule has 9 aromatic rings. The van der Waals surface area contributed by atoms with Gasteiger partial charge in [-0.05, 0) is 156 Å². The Morgan fingerprint density at radius 3 is 1.05 bits per heavy atom. The predicted molar refractivity (Wildman–Crippen MR) is 308 cm³/mol. The van der Waals surface area contributed by atoms with Crippen LogP contribution in [0.2, 0.25) is 0 Å². The van der Waals surface area contributed by atoms with E-state index >= 15 is 0 Å². The van der Waals surface area contributed by atoms with Gasteiger partial charge in [-0.25, -0.2) is 15.0 Å². The van der Waals surface area contributed by atoms with E-state index in [1.807, 2.05) is 60.2 Å². The van der Waals surface area contributed by atoms with Gasteiger partial charge in [0.05, 0.1) is 75.4 Å². The van der Waals surface area contributed by atoms with Crippen LogP contribution in [0.1, 0.15) is 92.9 Å². The van der Waals surface area contributed by atoms with Crippen molar-refractivity contribution >= 4 is 89.5 Å². The molecule has 0 spiro atoms. The lowest BCUT2D eigenvalue weighted by Gasteiger charge is -2.17. The van der Waals surface area contributed by atoms with Gasteiger partial charge in [0, 0.05) is 36.3 Å². The molecule has 0 saturated carbocycles. The van der Waals surface area contributed by atoms with Crippen molar-refractivity contribution < 1.29 is 56.0 Å². The van der Waals surface area contributed by atoms with Crippen LogP contribution in [0.3, 0.4) is 0 Å². The average molecular weight is 1150 g/mol. The smallest absolute Gasteiger partial charge is 0.361 e. The highest BCUT2D eigenvalue weighted by Gasteiger charge is 2.28. The van der Waals surface area contributed by atoms with Gasteiger partial charge in [-0.1, -0.05) is 36.4 Å². The lowest BCUT2D eigenvalue weighted by molar-refractivity contribution is 0.0992. The summed E-state index contributed by atoms with van der Waals surface area (Å²) in [5, 5.41) is 1.06. The number of hydrogen-bond acceptors (Lipinski definition) is 13. The molecule has 3 aromatic heterocycles. The monoisotopic (exact) mass is 1150 g/mol. The topological polar surface area (TPSA) is 311 Å². The summed E-state index contributed by atoms with van der Waals surface area (Å²) in [5.41, 5.74) is 25.0. The van der Waals surface area contributed by atoms with Crippen molar-refractivity contribution in [2.75, 3.05) is 26.4 Å². The third-order valence-corrected chi connectivity index (χ3v) is 17.9. The number of imidazole rings is 3. The zero-order valence-electron chi connectivity index (χ0n) is 45.3. The molecule has 9 rings (SSSR count). The van der Waals surface area contributed by atoms with E-state index in [4.69, 9.17) is 45.1 Å². The Morgan fingerprint density at radius 1 is 0.425 bits per heavy atom. The number of aryl methyl sites for hydroxylation is 3. The minimum Gasteiger partial charge on any atom is -0.366 e. The highest BCUT2D eigenvalue weighted by atomic mass is 31.2. The van der Waals surface area contributed by atoms with Crippen molar-refractivity contribution in [3.8, 4) is 0 Å². The molecule has 0 atom stereocenters. The average Bonchev–Trinajstić information content (AvgIpc) is 4.10. The molecule has 6 aromatic carbocycles. The number of carbonyl (C=O) groups is 3. The van der Waals surface area contributed by atoms with E-state index in [2.05, 4.69) is 19.5 Å². The second kappa shape index (κ2) is 25.8. The molecule has 21 nitrogen and oxygen atoms in total. The van der Waals surface area contributed by atoms with Crippen LogP contribution < -0.4 is 33.1 Å². The number of nitrogens with two attached hydrogens (primary N) is 3. The number of amides is 3. The first-order chi connectivity index (χ1) is 38.0. The van der Waals surface area contributed by atoms with Gasteiger partial charge in [-0.15, -0.1) is 0 Å². The summed E-state index contributed by atoms with van der Waals surface area (Å²) in [6.07, 6.45) is 0. The van der Waals surface area contributed by atoms with Crippen LogP contribution >= 0.6 is 22.8 Å². The third kappa shape index (κ3) is 14.1. The van der Waals surface area contributed by atoms with Crippen LogP contribution in [0.4, 0.5) is 0 Å². The standard InChI is InChI=1S/2C20H24N3O4P.C16H16N3O4P/c1-4-26-28(25,27-5-2)17-9-6-15(7-10-17)13-23-14(3)22-18-12-16(20(21)24)8-11-19(18)23;1-4-26-28(25,27-5-2)17-9-6-15(7-10-17)13-23-14(3)22-18-11-8-16(20(21)24)12-19(18)23;1-10-18-14-8-12(16(17)20)4-7-15(14)19(10)9-11-2-5-13(6-3-11)24(21,22)23/h2*6-12H,4-5,13H2,1-3H3,(H2,21,24);2-8H,9H2,1H3,(H2,17,20)(H2,21,22,23). The van der Waals surface area contributed by atoms with Crippen molar-refractivity contribution in [2.45, 2.75) is 68.1 Å². The fraction of sp³-hybridized carbons (Fsp3) is 0.250. The summed E-state index contributed by atoms with van der Waals surface area (Å²) in [6, 6.07) is 36.5. The van der Waals surface area contributed by atoms with Crippen LogP contribution in [0.15, 0.2) is 127 Å². The maximum Gasteiger partial charge on any atom is 0.361 e. The molecule has 8 N–H and O–H groups in total. The molecule has 0 aliphatic rings. The summed E-state index contributed by atoms with van der Waals surface area (Å²) in [7, 11) is -10.8. The van der Waals surface area contributed by atoms with Crippen molar-refractivity contribution in [1.82, 2.24) is 28.7 Å². The maximum absolute atomic E-state index is 12.9. The number of primary amides is 3. The number of nitrogens with zero attached hydrogens (tertiary/aromatic N) is 6. The zero-order valence-corrected chi connectivity index (χ0v) is 48.0. The SMILES string of the molecule is CCOP(=O)(OCC)c1ccc(Cn2c(C)nc3cc(C(N)=O)ccc32)cc1.CCOP(=O)(OCC)c1ccc(Cn2c(C)nc3ccc(C(N)=O)cc32)cc1.Cc1nc2cc(C(N)=O)ccc2n1Cc1ccc(P(=O)(O)O)cc1. The number of fused-ring (bicyclic) bond motifs is 3. The van der Waals surface area contributed by atoms with Gasteiger partial charge in [0.1, 0.15) is 17.5 Å². The predicted octanol–water partition coefficient (Wildman–Crippen LogP) is 8.06. The lowest BCUT2D eigenvalue weighted by Crippen LogP contribution is -2.12. The molecule has 3 heterocycles. The molecular weight excluding hydrogens is 1080 g/mol. The quantitative estimate of drug-likeness (QED) is 0.0451. The molecule has 0 aliphatic carbocycles. The van der Waals surface area contributed by atoms with Crippen LogP contribution in [-0.2, 0) is 51.4 Å². The Bertz CT molecular complexity index is 3830. The highest BCUT2D eigenvalue weighted by Crippen LogP contribution is 2.47. The molecule has 24 heteroatoms. The Labute approximate surface area is 462 Å². The molecule has 0 radical (unpaired) electrons. The maximum atomic E-state index is 12.9. The second-order valence-electron chi connectivity index (χ2n) is 18.1. The van der Waals surface area contributed by atoms with E-state index in [1.165, 1.54) is 12.1 Å². The fourth-order valence-electron chi connectivity index (χ4n) is 8.77. The van der Waals surface area contributed by atoms with E-state index < -0.39 is 40.5 Å². The summed E-state index contributed by atoms with van der Waals surface area (Å²) in [5.74, 6) is 0.977. The molecule has 0 saturated heterocycles. The molecule has 420 valence electrons. The van der Waals surface area contributed by atoms with Crippen molar-refractivity contribution in [1.29, 1.82) is 0 Å². The van der Waals surface area contributed by atoms with Crippen molar-refractivity contribution in [2.24, 2.45) is 17.2 Å². The highest BCUT2D eigenvalue weighted by molar-refractivity contribution is 7.62.